The van der Waals surface area contributed by atoms with Gasteiger partial charge < -0.3 is 4.90 Å². The van der Waals surface area contributed by atoms with Crippen molar-refractivity contribution in [2.75, 3.05) is 5.01 Å². The molecule has 0 N–H and O–H groups in total. The third kappa shape index (κ3) is 3.66. The number of hydrogen-bond acceptors (Lipinski definition) is 6. The second kappa shape index (κ2) is 7.29. The lowest BCUT2D eigenvalue weighted by atomic mass is 10.1. The maximum atomic E-state index is 13.3. The Bertz CT molecular complexity index is 946. The van der Waals surface area contributed by atoms with E-state index in [1.807, 2.05) is 0 Å². The average molecular weight is 392 g/mol. The summed E-state index contributed by atoms with van der Waals surface area (Å²) in [6.45, 7) is 1.74. The van der Waals surface area contributed by atoms with E-state index in [1.54, 1.807) is 13.0 Å². The Morgan fingerprint density at radius 2 is 1.96 bits per heavy atom. The normalized spacial score (nSPS) is 16.5. The van der Waals surface area contributed by atoms with Crippen LogP contribution in [0.4, 0.5) is 24.5 Å². The van der Waals surface area contributed by atoms with Gasteiger partial charge in [-0.05, 0) is 30.7 Å². The van der Waals surface area contributed by atoms with Gasteiger partial charge in [-0.15, -0.1) is 0 Å². The Balaban J connectivity index is 1.86. The number of rotatable bonds is 5. The van der Waals surface area contributed by atoms with Gasteiger partial charge in [-0.2, -0.15) is 18.3 Å². The summed E-state index contributed by atoms with van der Waals surface area (Å²) in [6.07, 6.45) is -3.89. The highest BCUT2D eigenvalue weighted by molar-refractivity contribution is 5.77. The molecule has 1 aliphatic heterocycles. The van der Waals surface area contributed by atoms with Crippen LogP contribution in [0, 0.1) is 17.0 Å². The number of aryl methyl sites for hydroxylation is 1. The average Bonchev–Trinajstić information content (AvgIpc) is 3.03. The molecular weight excluding hydrogens is 377 g/mol. The molecular formula is C18H15F3N4O3. The van der Waals surface area contributed by atoms with E-state index in [-0.39, 0.29) is 17.9 Å². The van der Waals surface area contributed by atoms with Crippen molar-refractivity contribution in [2.45, 2.75) is 25.8 Å². The van der Waals surface area contributed by atoms with Gasteiger partial charge in [-0.1, -0.05) is 18.2 Å². The van der Waals surface area contributed by atoms with Crippen LogP contribution in [0.2, 0.25) is 0 Å². The molecule has 28 heavy (non-hydrogen) atoms. The monoisotopic (exact) mass is 392 g/mol. The molecule has 0 fully saturated rings. The number of carbonyl (C=O) groups is 1. The molecule has 0 amide bonds. The van der Waals surface area contributed by atoms with E-state index < -0.39 is 22.8 Å². The minimum atomic E-state index is -4.59. The second-order valence-corrected chi connectivity index (χ2v) is 6.19. The molecule has 3 rings (SSSR count). The van der Waals surface area contributed by atoms with Gasteiger partial charge in [0.2, 0.25) is 0 Å². The Morgan fingerprint density at radius 1 is 1.25 bits per heavy atom. The molecule has 0 spiro atoms. The van der Waals surface area contributed by atoms with E-state index in [2.05, 4.69) is 5.10 Å². The summed E-state index contributed by atoms with van der Waals surface area (Å²) in [4.78, 5) is 23.5. The number of aldehydes is 1. The predicted molar refractivity (Wildman–Crippen MR) is 95.6 cm³/mol. The van der Waals surface area contributed by atoms with Crippen molar-refractivity contribution in [3.8, 4) is 0 Å². The Labute approximate surface area is 157 Å². The highest BCUT2D eigenvalue weighted by Crippen LogP contribution is 2.38. The van der Waals surface area contributed by atoms with Crippen molar-refractivity contribution in [2.24, 2.45) is 5.10 Å². The minimum Gasteiger partial charge on any atom is -0.329 e. The zero-order valence-corrected chi connectivity index (χ0v) is 14.6. The number of hydrogen-bond donors (Lipinski definition) is 0. The van der Waals surface area contributed by atoms with Gasteiger partial charge in [-0.25, -0.2) is 5.01 Å². The van der Waals surface area contributed by atoms with Crippen LogP contribution in [0.1, 0.15) is 16.7 Å². The molecule has 1 aliphatic rings. The number of nitro benzene ring substituents is 1. The molecule has 2 aromatic carbocycles. The van der Waals surface area contributed by atoms with Crippen molar-refractivity contribution in [1.29, 1.82) is 0 Å². The van der Waals surface area contributed by atoms with E-state index in [1.165, 1.54) is 41.6 Å². The van der Waals surface area contributed by atoms with Gasteiger partial charge in [-0.3, -0.25) is 14.9 Å². The zero-order valence-electron chi connectivity index (χ0n) is 14.6. The third-order valence-electron chi connectivity index (χ3n) is 4.32. The minimum absolute atomic E-state index is 0.0356. The number of nitro groups is 1. The maximum absolute atomic E-state index is 13.3. The van der Waals surface area contributed by atoms with Crippen LogP contribution >= 0.6 is 0 Å². The summed E-state index contributed by atoms with van der Waals surface area (Å²) in [5, 5.41) is 15.9. The standard InChI is InChI=1S/C18H15F3N4O3/c1-12-8-13(6-7-15(12)25(27)28)9-23-11-22-24(17(23)10-26)16-5-3-2-4-14(16)18(19,20)21/h2-8,10-11,17H,9H2,1H3. The summed E-state index contributed by atoms with van der Waals surface area (Å²) in [6, 6.07) is 9.35. The fourth-order valence-corrected chi connectivity index (χ4v) is 3.02. The number of halogens is 3. The largest absolute Gasteiger partial charge is 0.418 e. The van der Waals surface area contributed by atoms with Crippen molar-refractivity contribution >= 4 is 24.0 Å². The molecule has 0 bridgehead atoms. The van der Waals surface area contributed by atoms with Crippen LogP contribution in [0.25, 0.3) is 0 Å². The van der Waals surface area contributed by atoms with Crippen LogP contribution in [-0.4, -0.2) is 28.6 Å². The lowest BCUT2D eigenvalue weighted by molar-refractivity contribution is -0.385. The fraction of sp³-hybridized carbons (Fsp3) is 0.222. The van der Waals surface area contributed by atoms with Gasteiger partial charge in [0.05, 0.1) is 16.2 Å². The van der Waals surface area contributed by atoms with Gasteiger partial charge in [0, 0.05) is 18.2 Å². The molecule has 7 nitrogen and oxygen atoms in total. The molecule has 0 aliphatic carbocycles. The first-order valence-corrected chi connectivity index (χ1v) is 8.17. The molecule has 0 saturated carbocycles. The first-order valence-electron chi connectivity index (χ1n) is 8.17. The first-order chi connectivity index (χ1) is 13.2. The molecule has 0 saturated heterocycles. The summed E-state index contributed by atoms with van der Waals surface area (Å²) in [7, 11) is 0. The molecule has 0 radical (unpaired) electrons. The number of nitrogens with zero attached hydrogens (tertiary/aromatic N) is 4. The Hall–Kier alpha value is -3.43. The SMILES string of the molecule is Cc1cc(CN2C=NN(c3ccccc3C(F)(F)F)C2C=O)ccc1[N+](=O)[O-]. The summed E-state index contributed by atoms with van der Waals surface area (Å²) >= 11 is 0. The van der Waals surface area contributed by atoms with Gasteiger partial charge in [0.15, 0.2) is 12.5 Å². The summed E-state index contributed by atoms with van der Waals surface area (Å²) in [5.74, 6) is 0. The molecule has 1 atom stereocenters. The summed E-state index contributed by atoms with van der Waals surface area (Å²) < 4.78 is 39.9. The third-order valence-corrected chi connectivity index (χ3v) is 4.32. The van der Waals surface area contributed by atoms with Gasteiger partial charge >= 0.3 is 6.18 Å². The van der Waals surface area contributed by atoms with Crippen molar-refractivity contribution in [1.82, 2.24) is 4.90 Å². The smallest absolute Gasteiger partial charge is 0.329 e. The van der Waals surface area contributed by atoms with Crippen LogP contribution in [0.3, 0.4) is 0 Å². The zero-order chi connectivity index (χ0) is 20.5. The number of benzene rings is 2. The lowest BCUT2D eigenvalue weighted by Gasteiger charge is -2.28. The number of para-hydroxylation sites is 1. The first kappa shape index (κ1) is 19.3. The number of hydrazone groups is 1. The molecule has 1 unspecified atom stereocenters. The van der Waals surface area contributed by atoms with E-state index in [4.69, 9.17) is 0 Å². The van der Waals surface area contributed by atoms with E-state index in [0.717, 1.165) is 11.1 Å². The number of anilines is 1. The number of carbonyl (C=O) groups excluding carboxylic acids is 1. The quantitative estimate of drug-likeness (QED) is 0.440. The summed E-state index contributed by atoms with van der Waals surface area (Å²) in [5.41, 5.74) is -0.0582. The Kier molecular flexibility index (Phi) is 5.04. The fourth-order valence-electron chi connectivity index (χ4n) is 3.02. The van der Waals surface area contributed by atoms with Crippen molar-refractivity contribution in [3.63, 3.8) is 0 Å². The number of alkyl halides is 3. The van der Waals surface area contributed by atoms with Crippen molar-refractivity contribution < 1.29 is 22.9 Å². The highest BCUT2D eigenvalue weighted by Gasteiger charge is 2.38. The van der Waals surface area contributed by atoms with Crippen LogP contribution in [0.15, 0.2) is 47.6 Å². The Morgan fingerprint density at radius 3 is 2.57 bits per heavy atom. The molecule has 0 aromatic heterocycles. The van der Waals surface area contributed by atoms with E-state index >= 15 is 0 Å². The van der Waals surface area contributed by atoms with Crippen LogP contribution in [0.5, 0.6) is 0 Å². The van der Waals surface area contributed by atoms with Gasteiger partial charge in [0.1, 0.15) is 6.34 Å². The molecule has 10 heteroatoms. The molecule has 1 heterocycles. The van der Waals surface area contributed by atoms with Crippen LogP contribution < -0.4 is 5.01 Å². The van der Waals surface area contributed by atoms with E-state index in [9.17, 15) is 28.1 Å². The molecule has 146 valence electrons. The van der Waals surface area contributed by atoms with E-state index in [0.29, 0.717) is 17.4 Å². The lowest BCUT2D eigenvalue weighted by Crippen LogP contribution is -2.41. The molecule has 2 aromatic rings. The maximum Gasteiger partial charge on any atom is 0.418 e. The van der Waals surface area contributed by atoms with Crippen molar-refractivity contribution in [3.05, 3.63) is 69.3 Å². The second-order valence-electron chi connectivity index (χ2n) is 6.19. The van der Waals surface area contributed by atoms with Crippen LogP contribution in [-0.2, 0) is 17.5 Å². The predicted octanol–water partition coefficient (Wildman–Crippen LogP) is 3.71. The van der Waals surface area contributed by atoms with Gasteiger partial charge in [0.25, 0.3) is 5.69 Å². The highest BCUT2D eigenvalue weighted by atomic mass is 19.4. The topological polar surface area (TPSA) is 79.0 Å².